The van der Waals surface area contributed by atoms with Crippen LogP contribution in [0.1, 0.15) is 19.1 Å². The van der Waals surface area contributed by atoms with Crippen LogP contribution in [-0.4, -0.2) is 36.3 Å². The lowest BCUT2D eigenvalue weighted by Gasteiger charge is -2.12. The van der Waals surface area contributed by atoms with Crippen molar-refractivity contribution in [3.05, 3.63) is 28.4 Å². The molecule has 1 unspecified atom stereocenters. The van der Waals surface area contributed by atoms with E-state index in [9.17, 15) is 10.2 Å². The van der Waals surface area contributed by atoms with Crippen LogP contribution >= 0.6 is 22.6 Å². The maximum absolute atomic E-state index is 9.96. The number of hydrogen-bond donors (Lipinski definition) is 3. The summed E-state index contributed by atoms with van der Waals surface area (Å²) in [5, 5.41) is 22.4. The molecule has 124 valence electrons. The highest BCUT2D eigenvalue weighted by molar-refractivity contribution is 14.1. The average Bonchev–Trinajstić information content (AvgIpc) is 3.18. The molecule has 0 bridgehead atoms. The lowest BCUT2D eigenvalue weighted by Crippen LogP contribution is -2.08. The molecule has 1 aliphatic rings. The minimum atomic E-state index is -0.0738. The number of aromatic hydroxyl groups is 2. The van der Waals surface area contributed by atoms with Gasteiger partial charge in [-0.2, -0.15) is 0 Å². The Hall–Kier alpha value is -2.14. The van der Waals surface area contributed by atoms with Crippen molar-refractivity contribution in [2.75, 3.05) is 11.9 Å². The maximum atomic E-state index is 9.96. The van der Waals surface area contributed by atoms with Gasteiger partial charge in [0, 0.05) is 35.3 Å². The van der Waals surface area contributed by atoms with Gasteiger partial charge in [0.2, 0.25) is 0 Å². The van der Waals surface area contributed by atoms with E-state index in [4.69, 9.17) is 4.74 Å². The largest absolute Gasteiger partial charge is 0.508 e. The molecule has 1 aliphatic heterocycles. The average molecular weight is 439 g/mol. The van der Waals surface area contributed by atoms with Gasteiger partial charge in [-0.05, 0) is 25.0 Å². The molecule has 2 aromatic heterocycles. The molecule has 1 saturated heterocycles. The minimum absolute atomic E-state index is 0.0110. The lowest BCUT2D eigenvalue weighted by atomic mass is 10.2. The number of rotatable bonds is 3. The lowest BCUT2D eigenvalue weighted by molar-refractivity contribution is 0.0592. The molecule has 0 radical (unpaired) electrons. The molecule has 0 spiro atoms. The topological polar surface area (TPSA) is 105 Å². The molecular formula is C15H14IN5O3. The van der Waals surface area contributed by atoms with Gasteiger partial charge in [-0.15, -0.1) is 0 Å². The highest BCUT2D eigenvalue weighted by Crippen LogP contribution is 2.33. The number of hydrogen-bond acceptors (Lipinski definition) is 7. The molecule has 9 heteroatoms. The summed E-state index contributed by atoms with van der Waals surface area (Å²) in [5.41, 5.74) is 1.70. The van der Waals surface area contributed by atoms with Crippen molar-refractivity contribution < 1.29 is 14.9 Å². The van der Waals surface area contributed by atoms with Crippen molar-refractivity contribution in [1.29, 1.82) is 0 Å². The summed E-state index contributed by atoms with van der Waals surface area (Å²) in [6, 6.07) is 4.32. The number of imidazole rings is 1. The van der Waals surface area contributed by atoms with Crippen molar-refractivity contribution in [2.45, 2.75) is 19.1 Å². The molecule has 4 rings (SSSR count). The second-order valence-corrected chi connectivity index (χ2v) is 6.42. The Balaban J connectivity index is 1.77. The zero-order valence-electron chi connectivity index (χ0n) is 12.5. The van der Waals surface area contributed by atoms with E-state index in [1.54, 1.807) is 12.4 Å². The van der Waals surface area contributed by atoms with Crippen LogP contribution in [0.3, 0.4) is 0 Å². The van der Waals surface area contributed by atoms with E-state index in [0.717, 1.165) is 19.4 Å². The Labute approximate surface area is 150 Å². The smallest absolute Gasteiger partial charge is 0.194 e. The molecule has 1 fully saturated rings. The molecular weight excluding hydrogens is 425 g/mol. The van der Waals surface area contributed by atoms with Crippen molar-refractivity contribution in [3.63, 3.8) is 0 Å². The molecule has 24 heavy (non-hydrogen) atoms. The van der Waals surface area contributed by atoms with E-state index in [-0.39, 0.29) is 17.7 Å². The fraction of sp³-hybridized carbons (Fsp3) is 0.267. The number of nitrogens with zero attached hydrogens (tertiary/aromatic N) is 4. The molecule has 8 nitrogen and oxygen atoms in total. The van der Waals surface area contributed by atoms with Gasteiger partial charge in [0.05, 0.1) is 12.0 Å². The molecule has 0 aliphatic carbocycles. The molecule has 1 aromatic carbocycles. The summed E-state index contributed by atoms with van der Waals surface area (Å²) in [4.78, 5) is 13.3. The summed E-state index contributed by atoms with van der Waals surface area (Å²) in [5.74, 6) is 0.403. The summed E-state index contributed by atoms with van der Waals surface area (Å²) in [7, 11) is 0. The number of phenolic OH excluding ortho intramolecular Hbond substituents is 2. The number of anilines is 2. The second kappa shape index (κ2) is 6.06. The number of phenols is 2. The van der Waals surface area contributed by atoms with Crippen molar-refractivity contribution in [3.8, 4) is 11.5 Å². The highest BCUT2D eigenvalue weighted by atomic mass is 127. The first-order valence-electron chi connectivity index (χ1n) is 7.42. The Morgan fingerprint density at radius 2 is 2.17 bits per heavy atom. The van der Waals surface area contributed by atoms with Crippen LogP contribution in [0.25, 0.3) is 11.2 Å². The fourth-order valence-corrected chi connectivity index (χ4v) is 3.19. The normalized spacial score (nSPS) is 17.5. The van der Waals surface area contributed by atoms with E-state index < -0.39 is 0 Å². The minimum Gasteiger partial charge on any atom is -0.508 e. The van der Waals surface area contributed by atoms with Crippen LogP contribution < -0.4 is 5.32 Å². The van der Waals surface area contributed by atoms with E-state index in [2.05, 4.69) is 20.3 Å². The first-order chi connectivity index (χ1) is 11.6. The van der Waals surface area contributed by atoms with Gasteiger partial charge in [0.25, 0.3) is 0 Å². The van der Waals surface area contributed by atoms with Gasteiger partial charge in [-0.25, -0.2) is 15.0 Å². The fourth-order valence-electron chi connectivity index (χ4n) is 2.72. The Bertz CT molecular complexity index is 908. The van der Waals surface area contributed by atoms with Crippen LogP contribution in [0.2, 0.25) is 0 Å². The first kappa shape index (κ1) is 15.4. The predicted octanol–water partition coefficient (Wildman–Crippen LogP) is 2.89. The van der Waals surface area contributed by atoms with Crippen LogP contribution in [0.15, 0.2) is 24.5 Å². The number of fused-ring (bicyclic) bond motifs is 1. The quantitative estimate of drug-likeness (QED) is 0.250. The number of ether oxygens (including phenoxy) is 1. The van der Waals surface area contributed by atoms with E-state index >= 15 is 0 Å². The molecule has 3 N–H and O–H groups in total. The summed E-state index contributed by atoms with van der Waals surface area (Å²) >= 11 is 2.04. The van der Waals surface area contributed by atoms with Gasteiger partial charge in [0.1, 0.15) is 17.7 Å². The third kappa shape index (κ3) is 2.73. The van der Waals surface area contributed by atoms with Crippen molar-refractivity contribution in [2.24, 2.45) is 0 Å². The van der Waals surface area contributed by atoms with Crippen LogP contribution in [-0.2, 0) is 4.74 Å². The number of halogens is 1. The molecule has 3 heterocycles. The summed E-state index contributed by atoms with van der Waals surface area (Å²) < 4.78 is 8.17. The molecule has 1 atom stereocenters. The second-order valence-electron chi connectivity index (χ2n) is 5.46. The number of nitrogens with one attached hydrogen (secondary N) is 1. The van der Waals surface area contributed by atoms with E-state index in [1.165, 1.54) is 12.1 Å². The van der Waals surface area contributed by atoms with Crippen LogP contribution in [0.4, 0.5) is 11.5 Å². The van der Waals surface area contributed by atoms with Gasteiger partial charge in [0.15, 0.2) is 20.8 Å². The highest BCUT2D eigenvalue weighted by Gasteiger charge is 2.22. The summed E-state index contributed by atoms with van der Waals surface area (Å²) in [6.45, 7) is 0.735. The Morgan fingerprint density at radius 1 is 1.29 bits per heavy atom. The third-order valence-corrected chi connectivity index (χ3v) is 4.33. The van der Waals surface area contributed by atoms with Crippen molar-refractivity contribution >= 4 is 45.3 Å². The van der Waals surface area contributed by atoms with E-state index in [0.29, 0.717) is 26.5 Å². The predicted molar refractivity (Wildman–Crippen MR) is 95.3 cm³/mol. The molecule has 0 saturated carbocycles. The number of aromatic nitrogens is 4. The molecule has 3 aromatic rings. The van der Waals surface area contributed by atoms with Gasteiger partial charge in [-0.1, -0.05) is 0 Å². The first-order valence-corrected chi connectivity index (χ1v) is 8.50. The Morgan fingerprint density at radius 3 is 2.92 bits per heavy atom. The van der Waals surface area contributed by atoms with Gasteiger partial charge in [-0.3, -0.25) is 4.57 Å². The monoisotopic (exact) mass is 439 g/mol. The van der Waals surface area contributed by atoms with Gasteiger partial charge < -0.3 is 20.3 Å². The maximum Gasteiger partial charge on any atom is 0.194 e. The zero-order valence-corrected chi connectivity index (χ0v) is 14.6. The SMILES string of the molecule is Oc1ccc(Nc2nc(I)nc3c2ncn3C2CCCO2)c(O)c1. The Kier molecular flexibility index (Phi) is 3.88. The third-order valence-electron chi connectivity index (χ3n) is 3.84. The zero-order chi connectivity index (χ0) is 16.7. The number of benzene rings is 1. The molecule has 0 amide bonds. The summed E-state index contributed by atoms with van der Waals surface area (Å²) in [6.07, 6.45) is 3.58. The van der Waals surface area contributed by atoms with E-state index in [1.807, 2.05) is 27.2 Å². The van der Waals surface area contributed by atoms with Crippen molar-refractivity contribution in [1.82, 2.24) is 19.5 Å². The van der Waals surface area contributed by atoms with Gasteiger partial charge >= 0.3 is 0 Å². The van der Waals surface area contributed by atoms with Crippen LogP contribution in [0.5, 0.6) is 11.5 Å². The standard InChI is InChI=1S/C15H14IN5O3/c16-15-19-13(18-9-4-3-8(22)6-10(9)23)12-14(20-15)21(7-17-12)11-2-1-5-24-11/h3-4,6-7,11,22-23H,1-2,5H2,(H,18,19,20). The van der Waals surface area contributed by atoms with Crippen LogP contribution in [0, 0.1) is 3.83 Å².